The van der Waals surface area contributed by atoms with Gasteiger partial charge in [-0.15, -0.1) is 0 Å². The number of carboxylic acid groups (broad SMARTS) is 1. The van der Waals surface area contributed by atoms with E-state index in [2.05, 4.69) is 5.32 Å². The lowest BCUT2D eigenvalue weighted by Gasteiger charge is -2.18. The summed E-state index contributed by atoms with van der Waals surface area (Å²) in [6, 6.07) is 18.6. The maximum absolute atomic E-state index is 13.1. The zero-order valence-corrected chi connectivity index (χ0v) is 23.4. The number of pyridine rings is 1. The maximum atomic E-state index is 13.1. The fourth-order valence-electron chi connectivity index (χ4n) is 4.75. The molecule has 11 heteroatoms. The van der Waals surface area contributed by atoms with E-state index in [1.807, 2.05) is 48.5 Å². The molecule has 1 unspecified atom stereocenters. The smallest absolute Gasteiger partial charge is 0.303 e. The van der Waals surface area contributed by atoms with Gasteiger partial charge in [-0.1, -0.05) is 18.2 Å². The molecule has 10 nitrogen and oxygen atoms in total. The summed E-state index contributed by atoms with van der Waals surface area (Å²) in [5.41, 5.74) is 2.83. The summed E-state index contributed by atoms with van der Waals surface area (Å²) in [4.78, 5) is 28.7. The zero-order valence-electron chi connectivity index (χ0n) is 22.5. The summed E-state index contributed by atoms with van der Waals surface area (Å²) >= 11 is -2.27. The maximum Gasteiger partial charge on any atom is 0.303 e. The predicted molar refractivity (Wildman–Crippen MR) is 154 cm³/mol. The fraction of sp³-hybridized carbons (Fsp3) is 0.300. The van der Waals surface area contributed by atoms with Crippen molar-refractivity contribution in [1.29, 1.82) is 0 Å². The molecule has 3 N–H and O–H groups in total. The van der Waals surface area contributed by atoms with Crippen molar-refractivity contribution in [3.05, 3.63) is 77.5 Å². The number of carbonyl (C=O) groups excluding carboxylic acids is 1. The first-order valence-electron chi connectivity index (χ1n) is 13.4. The van der Waals surface area contributed by atoms with Crippen molar-refractivity contribution in [2.24, 2.45) is 0 Å². The van der Waals surface area contributed by atoms with Gasteiger partial charge in [-0.3, -0.25) is 14.1 Å². The van der Waals surface area contributed by atoms with Crippen LogP contribution in [0.1, 0.15) is 59.6 Å². The Bertz CT molecular complexity index is 1570. The molecule has 5 rings (SSSR count). The van der Waals surface area contributed by atoms with E-state index in [-0.39, 0.29) is 37.0 Å². The van der Waals surface area contributed by atoms with Gasteiger partial charge in [0.15, 0.2) is 0 Å². The number of hydrogen-bond donors (Lipinski definition) is 3. The van der Waals surface area contributed by atoms with E-state index in [0.29, 0.717) is 52.3 Å². The molecule has 1 atom stereocenters. The molecule has 1 fully saturated rings. The number of ether oxygens (including phenoxy) is 1. The van der Waals surface area contributed by atoms with Crippen LogP contribution in [-0.4, -0.2) is 48.6 Å². The van der Waals surface area contributed by atoms with Gasteiger partial charge in [-0.05, 0) is 79.6 Å². The average molecular weight is 578 g/mol. The Morgan fingerprint density at radius 2 is 1.80 bits per heavy atom. The van der Waals surface area contributed by atoms with Crippen molar-refractivity contribution in [2.75, 3.05) is 13.6 Å². The third kappa shape index (κ3) is 6.82. The molecule has 0 aliphatic heterocycles. The standard InChI is InChI=1S/C30H31N3O7S/c1-31-29(36)27-24-17-23(19-10-11-19)25(18-33(41(37)38)16-6-5-9-26(34)35)32-30(24)40-28(27)20-12-14-22(15-13-20)39-21-7-3-2-4-8-21/h2-4,7-8,12-15,17,19H,5-6,9-11,16,18H2,1H3,(H,31,36)(H,34,35)(H,37,38). The van der Waals surface area contributed by atoms with Crippen molar-refractivity contribution >= 4 is 34.2 Å². The second-order valence-electron chi connectivity index (χ2n) is 9.92. The highest BCUT2D eigenvalue weighted by Gasteiger charge is 2.31. The van der Waals surface area contributed by atoms with E-state index in [0.717, 1.165) is 18.4 Å². The topological polar surface area (TPSA) is 142 Å². The number of unbranched alkanes of at least 4 members (excludes halogenated alkanes) is 1. The molecular formula is C30H31N3O7S. The number of para-hydroxylation sites is 1. The average Bonchev–Trinajstić information content (AvgIpc) is 3.75. The SMILES string of the molecule is CNC(=O)c1c(-c2ccc(Oc3ccccc3)cc2)oc2nc(CN(CCCCC(=O)O)S(=O)O)c(C3CC3)cc12. The molecule has 214 valence electrons. The second kappa shape index (κ2) is 12.6. The van der Waals surface area contributed by atoms with Crippen LogP contribution in [-0.2, 0) is 22.6 Å². The first kappa shape index (κ1) is 28.5. The molecule has 41 heavy (non-hydrogen) atoms. The van der Waals surface area contributed by atoms with E-state index >= 15 is 0 Å². The van der Waals surface area contributed by atoms with E-state index in [1.54, 1.807) is 19.2 Å². The minimum absolute atomic E-state index is 0.000236. The highest BCUT2D eigenvalue weighted by Crippen LogP contribution is 2.44. The van der Waals surface area contributed by atoms with E-state index in [9.17, 15) is 18.4 Å². The van der Waals surface area contributed by atoms with E-state index in [4.69, 9.17) is 19.2 Å². The van der Waals surface area contributed by atoms with Crippen LogP contribution in [0.4, 0.5) is 0 Å². The van der Waals surface area contributed by atoms with Crippen molar-refractivity contribution in [3.8, 4) is 22.8 Å². The molecular weight excluding hydrogens is 546 g/mol. The summed E-state index contributed by atoms with van der Waals surface area (Å²) < 4.78 is 35.5. The predicted octanol–water partition coefficient (Wildman–Crippen LogP) is 5.72. The number of rotatable bonds is 13. The first-order valence-corrected chi connectivity index (χ1v) is 14.5. The Morgan fingerprint density at radius 3 is 2.44 bits per heavy atom. The van der Waals surface area contributed by atoms with Crippen molar-refractivity contribution in [1.82, 2.24) is 14.6 Å². The summed E-state index contributed by atoms with van der Waals surface area (Å²) in [6.45, 7) is 0.333. The van der Waals surface area contributed by atoms with E-state index < -0.39 is 17.2 Å². The van der Waals surface area contributed by atoms with Gasteiger partial charge in [0.25, 0.3) is 5.91 Å². The quantitative estimate of drug-likeness (QED) is 0.135. The van der Waals surface area contributed by atoms with Gasteiger partial charge in [-0.2, -0.15) is 4.31 Å². The van der Waals surface area contributed by atoms with Gasteiger partial charge in [0.2, 0.25) is 17.0 Å². The van der Waals surface area contributed by atoms with Crippen molar-refractivity contribution in [2.45, 2.75) is 44.6 Å². The molecule has 0 saturated heterocycles. The molecule has 2 aromatic carbocycles. The third-order valence-electron chi connectivity index (χ3n) is 6.96. The number of aromatic nitrogens is 1. The highest BCUT2D eigenvalue weighted by atomic mass is 32.2. The Hall–Kier alpha value is -4.06. The van der Waals surface area contributed by atoms with Gasteiger partial charge in [0, 0.05) is 25.6 Å². The molecule has 1 amide bonds. The van der Waals surface area contributed by atoms with Crippen LogP contribution < -0.4 is 10.1 Å². The second-order valence-corrected chi connectivity index (χ2v) is 10.9. The third-order valence-corrected chi connectivity index (χ3v) is 7.71. The van der Waals surface area contributed by atoms with Crippen LogP contribution in [0.2, 0.25) is 0 Å². The number of hydrogen-bond acceptors (Lipinski definition) is 6. The van der Waals surface area contributed by atoms with Gasteiger partial charge < -0.3 is 19.6 Å². The molecule has 1 aliphatic rings. The number of amides is 1. The van der Waals surface area contributed by atoms with Gasteiger partial charge in [0.1, 0.15) is 17.3 Å². The fourth-order valence-corrected chi connectivity index (χ4v) is 5.26. The lowest BCUT2D eigenvalue weighted by molar-refractivity contribution is -0.137. The van der Waals surface area contributed by atoms with E-state index in [1.165, 1.54) is 4.31 Å². The van der Waals surface area contributed by atoms with Crippen LogP contribution in [0, 0.1) is 0 Å². The van der Waals surface area contributed by atoms with Gasteiger partial charge in [0.05, 0.1) is 23.2 Å². The Morgan fingerprint density at radius 1 is 1.10 bits per heavy atom. The minimum Gasteiger partial charge on any atom is -0.481 e. The zero-order chi connectivity index (χ0) is 28.9. The normalized spacial score (nSPS) is 13.8. The largest absolute Gasteiger partial charge is 0.481 e. The minimum atomic E-state index is -2.27. The summed E-state index contributed by atoms with van der Waals surface area (Å²) in [5.74, 6) is 0.745. The number of carbonyl (C=O) groups is 2. The number of furan rings is 1. The molecule has 2 aromatic heterocycles. The highest BCUT2D eigenvalue weighted by molar-refractivity contribution is 7.76. The lowest BCUT2D eigenvalue weighted by Crippen LogP contribution is -2.27. The molecule has 4 aromatic rings. The molecule has 1 saturated carbocycles. The molecule has 0 bridgehead atoms. The van der Waals surface area contributed by atoms with Crippen LogP contribution in [0.5, 0.6) is 11.5 Å². The Kier molecular flexibility index (Phi) is 8.77. The summed E-state index contributed by atoms with van der Waals surface area (Å²) in [6.07, 6.45) is 2.78. The van der Waals surface area contributed by atoms with Gasteiger partial charge >= 0.3 is 5.97 Å². The van der Waals surface area contributed by atoms with Crippen molar-refractivity contribution < 1.29 is 32.6 Å². The summed E-state index contributed by atoms with van der Waals surface area (Å²) in [5, 5.41) is 12.2. The first-order chi connectivity index (χ1) is 19.8. The Balaban J connectivity index is 1.48. The van der Waals surface area contributed by atoms with Crippen LogP contribution >= 0.6 is 0 Å². The Labute approximate surface area is 239 Å². The number of benzene rings is 2. The van der Waals surface area contributed by atoms with Crippen molar-refractivity contribution in [3.63, 3.8) is 0 Å². The molecule has 1 aliphatic carbocycles. The molecule has 0 spiro atoms. The number of nitrogens with one attached hydrogen (secondary N) is 1. The summed E-state index contributed by atoms with van der Waals surface area (Å²) in [7, 11) is 1.56. The number of aliphatic carboxylic acids is 1. The molecule has 2 heterocycles. The van der Waals surface area contributed by atoms with Crippen LogP contribution in [0.15, 0.2) is 65.1 Å². The number of carboxylic acids is 1. The number of nitrogens with zero attached hydrogens (tertiary/aromatic N) is 2. The lowest BCUT2D eigenvalue weighted by atomic mass is 10.0. The monoisotopic (exact) mass is 577 g/mol. The van der Waals surface area contributed by atoms with Crippen LogP contribution in [0.25, 0.3) is 22.4 Å². The van der Waals surface area contributed by atoms with Gasteiger partial charge in [-0.25, -0.2) is 9.19 Å². The number of fused-ring (bicyclic) bond motifs is 1. The molecule has 0 radical (unpaired) electrons. The van der Waals surface area contributed by atoms with Crippen LogP contribution in [0.3, 0.4) is 0 Å².